The van der Waals surface area contributed by atoms with Crippen molar-refractivity contribution >= 4 is 5.69 Å². The minimum atomic E-state index is 0.517. The Morgan fingerprint density at radius 3 is 2.45 bits per heavy atom. The van der Waals surface area contributed by atoms with Crippen LogP contribution < -0.4 is 10.5 Å². The molecule has 0 radical (unpaired) electrons. The van der Waals surface area contributed by atoms with Crippen molar-refractivity contribution in [1.29, 1.82) is 0 Å². The van der Waals surface area contributed by atoms with E-state index in [4.69, 9.17) is 10.5 Å². The smallest absolute Gasteiger partial charge is 0.142 e. The molecule has 0 aliphatic carbocycles. The summed E-state index contributed by atoms with van der Waals surface area (Å²) < 4.78 is 5.70. The van der Waals surface area contributed by atoms with E-state index in [0.29, 0.717) is 12.5 Å². The summed E-state index contributed by atoms with van der Waals surface area (Å²) in [5, 5.41) is 0. The van der Waals surface area contributed by atoms with Gasteiger partial charge in [0.05, 0.1) is 12.3 Å². The van der Waals surface area contributed by atoms with E-state index in [1.807, 2.05) is 6.07 Å². The maximum atomic E-state index is 6.06. The predicted molar refractivity (Wildman–Crippen MR) is 87.3 cm³/mol. The Morgan fingerprint density at radius 1 is 1.20 bits per heavy atom. The second-order valence-corrected chi connectivity index (χ2v) is 5.71. The molecule has 0 spiro atoms. The molecular formula is C17H30N2O. The maximum Gasteiger partial charge on any atom is 0.142 e. The average Bonchev–Trinajstić information content (AvgIpc) is 2.42. The van der Waals surface area contributed by atoms with E-state index in [2.05, 4.69) is 44.7 Å². The molecule has 20 heavy (non-hydrogen) atoms. The van der Waals surface area contributed by atoms with Crippen LogP contribution in [0, 0.1) is 5.92 Å². The standard InChI is InChI=1S/C17H30N2O/c1-5-19(6-2)11-7-8-15-9-10-17(16(18)12-15)20-13-14(3)4/h9-10,12,14H,5-8,11,13,18H2,1-4H3. The summed E-state index contributed by atoms with van der Waals surface area (Å²) in [5.41, 5.74) is 8.11. The van der Waals surface area contributed by atoms with Gasteiger partial charge in [-0.1, -0.05) is 33.8 Å². The van der Waals surface area contributed by atoms with Crippen molar-refractivity contribution in [2.45, 2.75) is 40.5 Å². The Bertz CT molecular complexity index is 387. The van der Waals surface area contributed by atoms with Crippen LogP contribution in [0.1, 0.15) is 39.7 Å². The van der Waals surface area contributed by atoms with Crippen molar-refractivity contribution < 1.29 is 4.74 Å². The first kappa shape index (κ1) is 16.8. The highest BCUT2D eigenvalue weighted by Gasteiger charge is 2.04. The number of aryl methyl sites for hydroxylation is 1. The number of anilines is 1. The molecule has 0 aromatic heterocycles. The zero-order valence-corrected chi connectivity index (χ0v) is 13.5. The molecule has 2 N–H and O–H groups in total. The van der Waals surface area contributed by atoms with Gasteiger partial charge in [0.1, 0.15) is 5.75 Å². The van der Waals surface area contributed by atoms with Crippen molar-refractivity contribution in [3.63, 3.8) is 0 Å². The van der Waals surface area contributed by atoms with Gasteiger partial charge in [0.2, 0.25) is 0 Å². The third-order valence-corrected chi connectivity index (χ3v) is 3.48. The van der Waals surface area contributed by atoms with Crippen molar-refractivity contribution in [2.75, 3.05) is 32.0 Å². The number of ether oxygens (including phenoxy) is 1. The summed E-state index contributed by atoms with van der Waals surface area (Å²) in [5.74, 6) is 1.33. The maximum absolute atomic E-state index is 6.06. The summed E-state index contributed by atoms with van der Waals surface area (Å²) in [6, 6.07) is 6.19. The molecule has 0 bridgehead atoms. The van der Waals surface area contributed by atoms with Crippen molar-refractivity contribution in [3.05, 3.63) is 23.8 Å². The second-order valence-electron chi connectivity index (χ2n) is 5.71. The van der Waals surface area contributed by atoms with E-state index in [9.17, 15) is 0 Å². The van der Waals surface area contributed by atoms with Crippen LogP contribution in [0.4, 0.5) is 5.69 Å². The lowest BCUT2D eigenvalue weighted by molar-refractivity contribution is 0.272. The third-order valence-electron chi connectivity index (χ3n) is 3.48. The Labute approximate surface area is 124 Å². The van der Waals surface area contributed by atoms with Crippen LogP contribution in [0.25, 0.3) is 0 Å². The van der Waals surface area contributed by atoms with E-state index in [0.717, 1.165) is 37.5 Å². The van der Waals surface area contributed by atoms with Gasteiger partial charge in [-0.15, -0.1) is 0 Å². The first-order chi connectivity index (χ1) is 9.56. The fraction of sp³-hybridized carbons (Fsp3) is 0.647. The van der Waals surface area contributed by atoms with Crippen LogP contribution in [0.15, 0.2) is 18.2 Å². The van der Waals surface area contributed by atoms with Crippen LogP contribution in [-0.2, 0) is 6.42 Å². The van der Waals surface area contributed by atoms with Crippen LogP contribution in [0.3, 0.4) is 0 Å². The normalized spacial score (nSPS) is 11.3. The number of nitrogens with two attached hydrogens (primary N) is 1. The Hall–Kier alpha value is -1.22. The molecule has 0 unspecified atom stereocenters. The second kappa shape index (κ2) is 8.85. The Morgan fingerprint density at radius 2 is 1.90 bits per heavy atom. The molecule has 114 valence electrons. The molecule has 3 nitrogen and oxygen atoms in total. The molecule has 3 heteroatoms. The fourth-order valence-electron chi connectivity index (χ4n) is 2.19. The molecule has 0 atom stereocenters. The molecule has 0 aliphatic rings. The number of rotatable bonds is 9. The van der Waals surface area contributed by atoms with E-state index in [1.165, 1.54) is 12.0 Å². The molecule has 1 aromatic carbocycles. The minimum absolute atomic E-state index is 0.517. The lowest BCUT2D eigenvalue weighted by Crippen LogP contribution is -2.24. The Kier molecular flexibility index (Phi) is 7.45. The predicted octanol–water partition coefficient (Wildman–Crippen LogP) is 3.58. The van der Waals surface area contributed by atoms with Crippen LogP contribution in [0.5, 0.6) is 5.75 Å². The molecular weight excluding hydrogens is 248 g/mol. The van der Waals surface area contributed by atoms with E-state index in [-0.39, 0.29) is 0 Å². The van der Waals surface area contributed by atoms with Crippen molar-refractivity contribution in [1.82, 2.24) is 4.90 Å². The van der Waals surface area contributed by atoms with Crippen LogP contribution >= 0.6 is 0 Å². The molecule has 0 heterocycles. The first-order valence-electron chi connectivity index (χ1n) is 7.80. The van der Waals surface area contributed by atoms with E-state index in [1.54, 1.807) is 0 Å². The molecule has 0 amide bonds. The van der Waals surface area contributed by atoms with E-state index >= 15 is 0 Å². The quantitative estimate of drug-likeness (QED) is 0.702. The zero-order chi connectivity index (χ0) is 15.0. The highest BCUT2D eigenvalue weighted by atomic mass is 16.5. The topological polar surface area (TPSA) is 38.5 Å². The van der Waals surface area contributed by atoms with Gasteiger partial charge in [-0.05, 0) is 56.1 Å². The summed E-state index contributed by atoms with van der Waals surface area (Å²) in [6.45, 7) is 12.8. The number of hydrogen-bond acceptors (Lipinski definition) is 3. The van der Waals surface area contributed by atoms with Gasteiger partial charge in [-0.25, -0.2) is 0 Å². The fourth-order valence-corrected chi connectivity index (χ4v) is 2.19. The molecule has 0 saturated carbocycles. The molecule has 0 fully saturated rings. The summed E-state index contributed by atoms with van der Waals surface area (Å²) in [4.78, 5) is 2.45. The lowest BCUT2D eigenvalue weighted by atomic mass is 10.1. The van der Waals surface area contributed by atoms with Gasteiger partial charge in [0.15, 0.2) is 0 Å². The summed E-state index contributed by atoms with van der Waals surface area (Å²) in [6.07, 6.45) is 2.25. The number of hydrogen-bond donors (Lipinski definition) is 1. The number of benzene rings is 1. The van der Waals surface area contributed by atoms with Gasteiger partial charge in [-0.3, -0.25) is 0 Å². The van der Waals surface area contributed by atoms with Gasteiger partial charge < -0.3 is 15.4 Å². The highest BCUT2D eigenvalue weighted by Crippen LogP contribution is 2.23. The molecule has 0 aliphatic heterocycles. The number of nitrogen functional groups attached to an aromatic ring is 1. The SMILES string of the molecule is CCN(CC)CCCc1ccc(OCC(C)C)c(N)c1. The van der Waals surface area contributed by atoms with Crippen molar-refractivity contribution in [2.24, 2.45) is 5.92 Å². The Balaban J connectivity index is 2.46. The lowest BCUT2D eigenvalue weighted by Gasteiger charge is -2.17. The van der Waals surface area contributed by atoms with Gasteiger partial charge in [0, 0.05) is 0 Å². The zero-order valence-electron chi connectivity index (χ0n) is 13.5. The van der Waals surface area contributed by atoms with E-state index < -0.39 is 0 Å². The monoisotopic (exact) mass is 278 g/mol. The number of nitrogens with zero attached hydrogens (tertiary/aromatic N) is 1. The van der Waals surface area contributed by atoms with Crippen LogP contribution in [0.2, 0.25) is 0 Å². The molecule has 1 rings (SSSR count). The van der Waals surface area contributed by atoms with Gasteiger partial charge in [-0.2, -0.15) is 0 Å². The minimum Gasteiger partial charge on any atom is -0.491 e. The van der Waals surface area contributed by atoms with Crippen molar-refractivity contribution in [3.8, 4) is 5.75 Å². The highest BCUT2D eigenvalue weighted by molar-refractivity contribution is 5.54. The van der Waals surface area contributed by atoms with Gasteiger partial charge in [0.25, 0.3) is 0 Å². The average molecular weight is 278 g/mol. The largest absolute Gasteiger partial charge is 0.491 e. The molecule has 1 aromatic rings. The van der Waals surface area contributed by atoms with Gasteiger partial charge >= 0.3 is 0 Å². The molecule has 0 saturated heterocycles. The van der Waals surface area contributed by atoms with Crippen LogP contribution in [-0.4, -0.2) is 31.1 Å². The first-order valence-corrected chi connectivity index (χ1v) is 7.80. The summed E-state index contributed by atoms with van der Waals surface area (Å²) in [7, 11) is 0. The summed E-state index contributed by atoms with van der Waals surface area (Å²) >= 11 is 0. The third kappa shape index (κ3) is 5.83.